The Morgan fingerprint density at radius 1 is 1.12 bits per heavy atom. The van der Waals surface area contributed by atoms with Crippen molar-refractivity contribution in [3.05, 3.63) is 88.1 Å². The van der Waals surface area contributed by atoms with Crippen LogP contribution in [0.2, 0.25) is 0 Å². The van der Waals surface area contributed by atoms with Crippen molar-refractivity contribution >= 4 is 23.2 Å². The molecule has 0 saturated carbocycles. The van der Waals surface area contributed by atoms with Crippen LogP contribution in [0.5, 0.6) is 5.75 Å². The first-order chi connectivity index (χ1) is 16.6. The first kappa shape index (κ1) is 24.0. The Labute approximate surface area is 204 Å². The summed E-state index contributed by atoms with van der Waals surface area (Å²) in [5, 5.41) is 5.00. The molecule has 1 aliphatic heterocycles. The van der Waals surface area contributed by atoms with E-state index in [1.807, 2.05) is 72.1 Å². The Kier molecular flexibility index (Phi) is 8.33. The lowest BCUT2D eigenvalue weighted by Crippen LogP contribution is -2.47. The van der Waals surface area contributed by atoms with Gasteiger partial charge in [-0.3, -0.25) is 9.59 Å². The van der Waals surface area contributed by atoms with Gasteiger partial charge in [-0.1, -0.05) is 48.5 Å². The summed E-state index contributed by atoms with van der Waals surface area (Å²) >= 11 is 1.55. The molecule has 7 heteroatoms. The fourth-order valence-corrected chi connectivity index (χ4v) is 4.86. The number of benzene rings is 2. The third kappa shape index (κ3) is 6.24. The van der Waals surface area contributed by atoms with Crippen molar-refractivity contribution < 1.29 is 19.1 Å². The summed E-state index contributed by atoms with van der Waals surface area (Å²) in [7, 11) is 1.62. The number of hydrogen-bond acceptors (Lipinski definition) is 5. The molecule has 0 aliphatic carbocycles. The van der Waals surface area contributed by atoms with Gasteiger partial charge in [0, 0.05) is 24.6 Å². The highest BCUT2D eigenvalue weighted by Gasteiger charge is 2.34. The smallest absolute Gasteiger partial charge is 0.247 e. The van der Waals surface area contributed by atoms with E-state index in [9.17, 15) is 9.59 Å². The van der Waals surface area contributed by atoms with Gasteiger partial charge >= 0.3 is 0 Å². The largest absolute Gasteiger partial charge is 0.497 e. The summed E-state index contributed by atoms with van der Waals surface area (Å²) in [6.07, 6.45) is 2.06. The molecular weight excluding hydrogens is 448 g/mol. The van der Waals surface area contributed by atoms with E-state index >= 15 is 0 Å². The minimum atomic E-state index is -0.740. The Bertz CT molecular complexity index is 1050. The molecule has 2 heterocycles. The number of nitrogens with one attached hydrogen (secondary N) is 1. The standard InChI is InChI=1S/C27H30N2O4S/c1-32-22-13-11-20(12-14-22)18-28-27(31)26(21-7-3-2-4-8-21)29(19-23-9-5-15-33-23)25(30)17-24-10-6-16-34-24/h2-4,6-8,10-14,16,23,26H,5,9,15,17-19H2,1H3,(H,28,31). The number of ether oxygens (including phenoxy) is 2. The molecule has 2 amide bonds. The quantitative estimate of drug-likeness (QED) is 0.470. The Morgan fingerprint density at radius 2 is 1.91 bits per heavy atom. The van der Waals surface area contributed by atoms with Gasteiger partial charge in [-0.2, -0.15) is 0 Å². The highest BCUT2D eigenvalue weighted by Crippen LogP contribution is 2.26. The van der Waals surface area contributed by atoms with Crippen molar-refractivity contribution in [2.45, 2.75) is 38.0 Å². The maximum absolute atomic E-state index is 13.6. The SMILES string of the molecule is COc1ccc(CNC(=O)C(c2ccccc2)N(CC2CCCO2)C(=O)Cc2cccs2)cc1. The van der Waals surface area contributed by atoms with E-state index in [4.69, 9.17) is 9.47 Å². The molecule has 1 fully saturated rings. The van der Waals surface area contributed by atoms with Crippen LogP contribution in [-0.4, -0.2) is 43.1 Å². The van der Waals surface area contributed by atoms with Gasteiger partial charge in [-0.05, 0) is 47.5 Å². The summed E-state index contributed by atoms with van der Waals surface area (Å²) < 4.78 is 11.1. The number of hydrogen-bond donors (Lipinski definition) is 1. The average molecular weight is 479 g/mol. The molecule has 0 spiro atoms. The minimum Gasteiger partial charge on any atom is -0.497 e. The van der Waals surface area contributed by atoms with Crippen molar-refractivity contribution in [1.29, 1.82) is 0 Å². The molecule has 178 valence electrons. The molecule has 3 aromatic rings. The van der Waals surface area contributed by atoms with Gasteiger partial charge in [0.1, 0.15) is 11.8 Å². The molecule has 1 aromatic heterocycles. The molecule has 2 aromatic carbocycles. The maximum atomic E-state index is 13.6. The van der Waals surface area contributed by atoms with Crippen LogP contribution >= 0.6 is 11.3 Å². The Morgan fingerprint density at radius 3 is 2.56 bits per heavy atom. The minimum absolute atomic E-state index is 0.0621. The van der Waals surface area contributed by atoms with Gasteiger partial charge in [0.05, 0.1) is 19.6 Å². The molecule has 4 rings (SSSR count). The number of methoxy groups -OCH3 is 1. The van der Waals surface area contributed by atoms with Gasteiger partial charge in [-0.25, -0.2) is 0 Å². The van der Waals surface area contributed by atoms with E-state index < -0.39 is 6.04 Å². The van der Waals surface area contributed by atoms with Crippen LogP contribution in [0, 0.1) is 0 Å². The van der Waals surface area contributed by atoms with Crippen molar-refractivity contribution in [3.8, 4) is 5.75 Å². The van der Waals surface area contributed by atoms with Crippen LogP contribution in [0.25, 0.3) is 0 Å². The van der Waals surface area contributed by atoms with Crippen LogP contribution in [0.15, 0.2) is 72.1 Å². The second-order valence-electron chi connectivity index (χ2n) is 8.32. The number of amides is 2. The topological polar surface area (TPSA) is 67.9 Å². The number of carbonyl (C=O) groups is 2. The van der Waals surface area contributed by atoms with E-state index in [2.05, 4.69) is 5.32 Å². The monoisotopic (exact) mass is 478 g/mol. The summed E-state index contributed by atoms with van der Waals surface area (Å²) in [5.74, 6) is 0.477. The van der Waals surface area contributed by atoms with E-state index in [0.717, 1.165) is 34.6 Å². The lowest BCUT2D eigenvalue weighted by Gasteiger charge is -2.33. The highest BCUT2D eigenvalue weighted by atomic mass is 32.1. The van der Waals surface area contributed by atoms with Gasteiger partial charge in [0.25, 0.3) is 0 Å². The van der Waals surface area contributed by atoms with Gasteiger partial charge < -0.3 is 19.7 Å². The molecule has 0 bridgehead atoms. The molecule has 2 unspecified atom stereocenters. The lowest BCUT2D eigenvalue weighted by atomic mass is 10.0. The van der Waals surface area contributed by atoms with Crippen molar-refractivity contribution in [1.82, 2.24) is 10.2 Å². The molecule has 0 radical (unpaired) electrons. The Balaban J connectivity index is 1.58. The summed E-state index contributed by atoms with van der Waals surface area (Å²) in [6, 6.07) is 20.2. The summed E-state index contributed by atoms with van der Waals surface area (Å²) in [6.45, 7) is 1.44. The third-order valence-corrected chi connectivity index (χ3v) is 6.83. The van der Waals surface area contributed by atoms with Gasteiger partial charge in [0.2, 0.25) is 11.8 Å². The summed E-state index contributed by atoms with van der Waals surface area (Å²) in [5.41, 5.74) is 1.74. The number of carbonyl (C=O) groups excluding carboxylic acids is 2. The zero-order valence-corrected chi connectivity index (χ0v) is 20.1. The zero-order chi connectivity index (χ0) is 23.8. The van der Waals surface area contributed by atoms with E-state index in [0.29, 0.717) is 19.7 Å². The average Bonchev–Trinajstić information content (AvgIpc) is 3.58. The van der Waals surface area contributed by atoms with Crippen LogP contribution < -0.4 is 10.1 Å². The van der Waals surface area contributed by atoms with Crippen molar-refractivity contribution in [2.75, 3.05) is 20.3 Å². The summed E-state index contributed by atoms with van der Waals surface area (Å²) in [4.78, 5) is 29.8. The molecule has 1 aliphatic rings. The Hall–Kier alpha value is -3.16. The normalized spacial score (nSPS) is 16.1. The van der Waals surface area contributed by atoms with Crippen LogP contribution in [0.3, 0.4) is 0 Å². The maximum Gasteiger partial charge on any atom is 0.247 e. The highest BCUT2D eigenvalue weighted by molar-refractivity contribution is 7.10. The fourth-order valence-electron chi connectivity index (χ4n) is 4.16. The van der Waals surface area contributed by atoms with Crippen LogP contribution in [0.4, 0.5) is 0 Å². The van der Waals surface area contributed by atoms with Crippen molar-refractivity contribution in [3.63, 3.8) is 0 Å². The number of thiophene rings is 1. The fraction of sp³-hybridized carbons (Fsp3) is 0.333. The third-order valence-electron chi connectivity index (χ3n) is 5.95. The molecular formula is C27H30N2O4S. The predicted octanol–water partition coefficient (Wildman–Crippen LogP) is 4.36. The lowest BCUT2D eigenvalue weighted by molar-refractivity contribution is -0.142. The van der Waals surface area contributed by atoms with Gasteiger partial charge in [-0.15, -0.1) is 11.3 Å². The van der Waals surface area contributed by atoms with Crippen LogP contribution in [0.1, 0.15) is 34.9 Å². The van der Waals surface area contributed by atoms with Crippen molar-refractivity contribution in [2.24, 2.45) is 0 Å². The molecule has 1 N–H and O–H groups in total. The van der Waals surface area contributed by atoms with Crippen LogP contribution in [-0.2, 0) is 27.3 Å². The predicted molar refractivity (Wildman–Crippen MR) is 133 cm³/mol. The second kappa shape index (κ2) is 11.8. The zero-order valence-electron chi connectivity index (χ0n) is 19.3. The first-order valence-corrected chi connectivity index (χ1v) is 12.4. The molecule has 34 heavy (non-hydrogen) atoms. The molecule has 2 atom stereocenters. The molecule has 6 nitrogen and oxygen atoms in total. The second-order valence-corrected chi connectivity index (χ2v) is 9.35. The number of nitrogens with zero attached hydrogens (tertiary/aromatic N) is 1. The first-order valence-electron chi connectivity index (χ1n) is 11.5. The van der Waals surface area contributed by atoms with E-state index in [-0.39, 0.29) is 24.3 Å². The van der Waals surface area contributed by atoms with E-state index in [1.54, 1.807) is 23.3 Å². The number of rotatable bonds is 10. The van der Waals surface area contributed by atoms with Gasteiger partial charge in [0.15, 0.2) is 0 Å². The van der Waals surface area contributed by atoms with E-state index in [1.165, 1.54) is 0 Å². The molecule has 1 saturated heterocycles.